The highest BCUT2D eigenvalue weighted by atomic mass is 16.1. The van der Waals surface area contributed by atoms with Crippen molar-refractivity contribution in [3.05, 3.63) is 70.5 Å². The topological polar surface area (TPSA) is 104 Å². The summed E-state index contributed by atoms with van der Waals surface area (Å²) in [6, 6.07) is 15.1. The van der Waals surface area contributed by atoms with Crippen LogP contribution in [0.15, 0.2) is 53.3 Å². The maximum absolute atomic E-state index is 12.1. The molecule has 2 aromatic heterocycles. The third kappa shape index (κ3) is 4.09. The molecule has 0 saturated heterocycles. The number of carbonyl (C=O) groups excluding carboxylic acids is 1. The molecule has 0 bridgehead atoms. The van der Waals surface area contributed by atoms with Crippen molar-refractivity contribution in [1.29, 1.82) is 0 Å². The Hall–Kier alpha value is -3.48. The van der Waals surface area contributed by atoms with E-state index in [0.717, 1.165) is 16.9 Å². The SMILES string of the molecule is O=C(CCCc1nc2ccccc2c(=O)[nH]1)NCCc1nc2ccccc2[nH]1. The van der Waals surface area contributed by atoms with Crippen LogP contribution in [0, 0.1) is 0 Å². The van der Waals surface area contributed by atoms with Crippen LogP contribution >= 0.6 is 0 Å². The molecule has 0 fully saturated rings. The van der Waals surface area contributed by atoms with E-state index in [2.05, 4.69) is 25.3 Å². The van der Waals surface area contributed by atoms with Gasteiger partial charge in [-0.15, -0.1) is 0 Å². The van der Waals surface area contributed by atoms with Gasteiger partial charge in [-0.3, -0.25) is 9.59 Å². The first-order valence-electron chi connectivity index (χ1n) is 9.37. The van der Waals surface area contributed by atoms with Gasteiger partial charge in [-0.05, 0) is 30.7 Å². The molecule has 0 aliphatic heterocycles. The Labute approximate surface area is 161 Å². The van der Waals surface area contributed by atoms with E-state index in [1.807, 2.05) is 42.5 Å². The number of hydrogen-bond donors (Lipinski definition) is 3. The first-order chi connectivity index (χ1) is 13.7. The number of hydrogen-bond acceptors (Lipinski definition) is 4. The minimum Gasteiger partial charge on any atom is -0.356 e. The maximum atomic E-state index is 12.1. The summed E-state index contributed by atoms with van der Waals surface area (Å²) in [6.45, 7) is 0.531. The van der Waals surface area contributed by atoms with Crippen molar-refractivity contribution in [2.45, 2.75) is 25.7 Å². The number of nitrogens with one attached hydrogen (secondary N) is 3. The zero-order valence-corrected chi connectivity index (χ0v) is 15.4. The van der Waals surface area contributed by atoms with E-state index in [1.165, 1.54) is 0 Å². The number of carbonyl (C=O) groups is 1. The quantitative estimate of drug-likeness (QED) is 0.462. The summed E-state index contributed by atoms with van der Waals surface area (Å²) in [7, 11) is 0. The van der Waals surface area contributed by atoms with E-state index >= 15 is 0 Å². The van der Waals surface area contributed by atoms with E-state index in [0.29, 0.717) is 49.0 Å². The van der Waals surface area contributed by atoms with Crippen molar-refractivity contribution in [2.75, 3.05) is 6.54 Å². The Morgan fingerprint density at radius 2 is 1.61 bits per heavy atom. The molecule has 1 amide bonds. The van der Waals surface area contributed by atoms with Crippen LogP contribution < -0.4 is 10.9 Å². The van der Waals surface area contributed by atoms with E-state index in [-0.39, 0.29) is 11.5 Å². The fourth-order valence-electron chi connectivity index (χ4n) is 3.20. The van der Waals surface area contributed by atoms with Crippen LogP contribution in [0.1, 0.15) is 24.5 Å². The summed E-state index contributed by atoms with van der Waals surface area (Å²) >= 11 is 0. The number of imidazole rings is 1. The number of para-hydroxylation sites is 3. The third-order valence-electron chi connectivity index (χ3n) is 4.60. The lowest BCUT2D eigenvalue weighted by atomic mass is 10.2. The Morgan fingerprint density at radius 1 is 0.893 bits per heavy atom. The Balaban J connectivity index is 1.24. The molecule has 2 aromatic carbocycles. The molecular weight excluding hydrogens is 354 g/mol. The zero-order valence-electron chi connectivity index (χ0n) is 15.4. The van der Waals surface area contributed by atoms with Crippen LogP contribution in [0.2, 0.25) is 0 Å². The van der Waals surface area contributed by atoms with Crippen molar-refractivity contribution in [1.82, 2.24) is 25.3 Å². The number of aromatic nitrogens is 4. The van der Waals surface area contributed by atoms with Gasteiger partial charge in [0, 0.05) is 25.8 Å². The number of aryl methyl sites for hydroxylation is 1. The van der Waals surface area contributed by atoms with Crippen molar-refractivity contribution in [3.8, 4) is 0 Å². The number of amides is 1. The highest BCUT2D eigenvalue weighted by molar-refractivity contribution is 5.77. The number of H-pyrrole nitrogens is 2. The molecule has 2 heterocycles. The van der Waals surface area contributed by atoms with Gasteiger partial charge in [0.1, 0.15) is 11.6 Å². The second kappa shape index (κ2) is 8.04. The maximum Gasteiger partial charge on any atom is 0.258 e. The van der Waals surface area contributed by atoms with Gasteiger partial charge >= 0.3 is 0 Å². The minimum atomic E-state index is -0.143. The number of fused-ring (bicyclic) bond motifs is 2. The molecular formula is C21H21N5O2. The van der Waals surface area contributed by atoms with E-state index in [1.54, 1.807) is 6.07 Å². The molecule has 0 aliphatic rings. The first kappa shape index (κ1) is 17.9. The van der Waals surface area contributed by atoms with Gasteiger partial charge in [-0.2, -0.15) is 0 Å². The molecule has 7 nitrogen and oxygen atoms in total. The molecule has 0 radical (unpaired) electrons. The molecule has 0 unspecified atom stereocenters. The minimum absolute atomic E-state index is 0.0146. The van der Waals surface area contributed by atoms with E-state index in [9.17, 15) is 9.59 Å². The Bertz CT molecular complexity index is 1150. The molecule has 7 heteroatoms. The van der Waals surface area contributed by atoms with E-state index in [4.69, 9.17) is 0 Å². The lowest BCUT2D eigenvalue weighted by Crippen LogP contribution is -2.25. The Morgan fingerprint density at radius 3 is 2.46 bits per heavy atom. The molecule has 142 valence electrons. The summed E-state index contributed by atoms with van der Waals surface area (Å²) in [5.74, 6) is 1.46. The van der Waals surface area contributed by atoms with Gasteiger partial charge in [-0.25, -0.2) is 9.97 Å². The molecule has 4 rings (SSSR count). The van der Waals surface area contributed by atoms with Crippen molar-refractivity contribution < 1.29 is 4.79 Å². The predicted molar refractivity (Wildman–Crippen MR) is 108 cm³/mol. The zero-order chi connectivity index (χ0) is 19.3. The van der Waals surface area contributed by atoms with Gasteiger partial charge in [0.2, 0.25) is 5.91 Å². The average Bonchev–Trinajstić information content (AvgIpc) is 3.11. The summed E-state index contributed by atoms with van der Waals surface area (Å²) in [5, 5.41) is 3.49. The number of nitrogens with zero attached hydrogens (tertiary/aromatic N) is 2. The van der Waals surface area contributed by atoms with Gasteiger partial charge < -0.3 is 15.3 Å². The van der Waals surface area contributed by atoms with Crippen LogP contribution in [0.25, 0.3) is 21.9 Å². The number of benzene rings is 2. The Kier molecular flexibility index (Phi) is 5.14. The molecule has 3 N–H and O–H groups in total. The summed E-state index contributed by atoms with van der Waals surface area (Å²) in [5.41, 5.74) is 2.47. The monoisotopic (exact) mass is 375 g/mol. The van der Waals surface area contributed by atoms with Crippen molar-refractivity contribution >= 4 is 27.8 Å². The molecule has 4 aromatic rings. The van der Waals surface area contributed by atoms with Crippen LogP contribution in [-0.2, 0) is 17.6 Å². The predicted octanol–water partition coefficient (Wildman–Crippen LogP) is 2.48. The molecule has 0 spiro atoms. The fraction of sp³-hybridized carbons (Fsp3) is 0.238. The lowest BCUT2D eigenvalue weighted by molar-refractivity contribution is -0.121. The molecule has 0 saturated carbocycles. The summed E-state index contributed by atoms with van der Waals surface area (Å²) in [6.07, 6.45) is 2.21. The second-order valence-corrected chi connectivity index (χ2v) is 6.68. The fourth-order valence-corrected chi connectivity index (χ4v) is 3.20. The van der Waals surface area contributed by atoms with E-state index < -0.39 is 0 Å². The number of aromatic amines is 2. The van der Waals surface area contributed by atoms with Gasteiger partial charge in [0.25, 0.3) is 5.56 Å². The lowest BCUT2D eigenvalue weighted by Gasteiger charge is -2.05. The molecule has 0 atom stereocenters. The number of rotatable bonds is 7. The summed E-state index contributed by atoms with van der Waals surface area (Å²) < 4.78 is 0. The van der Waals surface area contributed by atoms with Crippen LogP contribution in [-0.4, -0.2) is 32.4 Å². The largest absolute Gasteiger partial charge is 0.356 e. The average molecular weight is 375 g/mol. The smallest absolute Gasteiger partial charge is 0.258 e. The van der Waals surface area contributed by atoms with Crippen molar-refractivity contribution in [2.24, 2.45) is 0 Å². The van der Waals surface area contributed by atoms with Crippen LogP contribution in [0.4, 0.5) is 0 Å². The molecule has 0 aliphatic carbocycles. The second-order valence-electron chi connectivity index (χ2n) is 6.68. The van der Waals surface area contributed by atoms with Gasteiger partial charge in [0.05, 0.1) is 21.9 Å². The van der Waals surface area contributed by atoms with Gasteiger partial charge in [0.15, 0.2) is 0 Å². The summed E-state index contributed by atoms with van der Waals surface area (Å²) in [4.78, 5) is 39.1. The van der Waals surface area contributed by atoms with Crippen LogP contribution in [0.5, 0.6) is 0 Å². The highest BCUT2D eigenvalue weighted by Gasteiger charge is 2.07. The highest BCUT2D eigenvalue weighted by Crippen LogP contribution is 2.10. The normalized spacial score (nSPS) is 11.1. The molecule has 28 heavy (non-hydrogen) atoms. The van der Waals surface area contributed by atoms with Gasteiger partial charge in [-0.1, -0.05) is 24.3 Å². The van der Waals surface area contributed by atoms with Crippen molar-refractivity contribution in [3.63, 3.8) is 0 Å². The standard InChI is InChI=1S/C21H21N5O2/c27-20(22-13-12-19-24-16-8-3-4-9-17(16)25-19)11-5-10-18-23-15-7-2-1-6-14(15)21(28)26-18/h1-4,6-9H,5,10-13H2,(H,22,27)(H,24,25)(H,23,26,28). The third-order valence-corrected chi connectivity index (χ3v) is 4.60. The first-order valence-corrected chi connectivity index (χ1v) is 9.37. The van der Waals surface area contributed by atoms with Crippen LogP contribution in [0.3, 0.4) is 0 Å².